The van der Waals surface area contributed by atoms with E-state index in [4.69, 9.17) is 10.5 Å². The number of benzene rings is 1. The van der Waals surface area contributed by atoms with Gasteiger partial charge in [0.15, 0.2) is 0 Å². The zero-order valence-electron chi connectivity index (χ0n) is 12.0. The third-order valence-electron chi connectivity index (χ3n) is 3.84. The quantitative estimate of drug-likeness (QED) is 0.898. The van der Waals surface area contributed by atoms with Gasteiger partial charge in [0.1, 0.15) is 10.6 Å². The highest BCUT2D eigenvalue weighted by atomic mass is 32.2. The van der Waals surface area contributed by atoms with E-state index in [2.05, 4.69) is 0 Å². The van der Waals surface area contributed by atoms with E-state index in [1.807, 2.05) is 6.92 Å². The number of ether oxygens (including phenoxy) is 1. The van der Waals surface area contributed by atoms with E-state index in [-0.39, 0.29) is 10.9 Å². The molecule has 2 rings (SSSR count). The Labute approximate surface area is 120 Å². The van der Waals surface area contributed by atoms with Crippen molar-refractivity contribution in [3.8, 4) is 5.75 Å². The Morgan fingerprint density at radius 2 is 2.20 bits per heavy atom. The third kappa shape index (κ3) is 2.68. The zero-order chi connectivity index (χ0) is 14.8. The number of sulfonamides is 1. The number of rotatable bonds is 5. The fraction of sp³-hybridized carbons (Fsp3) is 0.571. The van der Waals surface area contributed by atoms with Crippen LogP contribution in [0.25, 0.3) is 0 Å². The minimum absolute atomic E-state index is 0.0962. The van der Waals surface area contributed by atoms with Gasteiger partial charge in [0.25, 0.3) is 0 Å². The molecule has 1 aromatic rings. The Morgan fingerprint density at radius 3 is 2.80 bits per heavy atom. The summed E-state index contributed by atoms with van der Waals surface area (Å²) in [5, 5.41) is 0. The van der Waals surface area contributed by atoms with Crippen LogP contribution < -0.4 is 10.5 Å². The van der Waals surface area contributed by atoms with Gasteiger partial charge >= 0.3 is 0 Å². The molecule has 1 fully saturated rings. The zero-order valence-corrected chi connectivity index (χ0v) is 12.8. The van der Waals surface area contributed by atoms with Crippen LogP contribution in [-0.4, -0.2) is 32.4 Å². The van der Waals surface area contributed by atoms with E-state index >= 15 is 0 Å². The van der Waals surface area contributed by atoms with Crippen LogP contribution in [0.4, 0.5) is 0 Å². The van der Waals surface area contributed by atoms with Gasteiger partial charge in [-0.05, 0) is 37.0 Å². The number of methoxy groups -OCH3 is 1. The van der Waals surface area contributed by atoms with E-state index in [0.29, 0.717) is 18.8 Å². The summed E-state index contributed by atoms with van der Waals surface area (Å²) in [5.74, 6) is 0.370. The highest BCUT2D eigenvalue weighted by molar-refractivity contribution is 7.89. The summed E-state index contributed by atoms with van der Waals surface area (Å²) in [6, 6.07) is 5.14. The van der Waals surface area contributed by atoms with Crippen LogP contribution >= 0.6 is 0 Å². The standard InChI is InChI=1S/C14H22N2O3S/c1-3-12-5-4-8-16(12)20(17,18)14-7-6-11(10-15)9-13(14)19-2/h6-7,9,12H,3-5,8,10,15H2,1-2H3. The minimum atomic E-state index is -3.50. The molecule has 0 amide bonds. The molecule has 1 aliphatic heterocycles. The maximum atomic E-state index is 12.8. The van der Waals surface area contributed by atoms with Crippen LogP contribution in [0.2, 0.25) is 0 Å². The first-order chi connectivity index (χ1) is 9.54. The van der Waals surface area contributed by atoms with Crippen molar-refractivity contribution in [3.05, 3.63) is 23.8 Å². The molecule has 0 aromatic heterocycles. The number of hydrogen-bond acceptors (Lipinski definition) is 4. The second kappa shape index (κ2) is 6.11. The van der Waals surface area contributed by atoms with Crippen LogP contribution in [0.3, 0.4) is 0 Å². The van der Waals surface area contributed by atoms with Gasteiger partial charge in [-0.1, -0.05) is 13.0 Å². The first-order valence-electron chi connectivity index (χ1n) is 6.93. The first-order valence-corrected chi connectivity index (χ1v) is 8.37. The molecule has 0 spiro atoms. The molecule has 0 aliphatic carbocycles. The molecule has 6 heteroatoms. The Hall–Kier alpha value is -1.11. The molecule has 1 heterocycles. The maximum Gasteiger partial charge on any atom is 0.247 e. The average Bonchev–Trinajstić information content (AvgIpc) is 2.95. The van der Waals surface area contributed by atoms with Crippen molar-refractivity contribution in [2.45, 2.75) is 43.7 Å². The topological polar surface area (TPSA) is 72.6 Å². The molecular formula is C14H22N2O3S. The van der Waals surface area contributed by atoms with Crippen LogP contribution in [0.1, 0.15) is 31.7 Å². The highest BCUT2D eigenvalue weighted by Crippen LogP contribution is 2.32. The van der Waals surface area contributed by atoms with E-state index in [0.717, 1.165) is 24.8 Å². The van der Waals surface area contributed by atoms with Gasteiger partial charge in [-0.15, -0.1) is 0 Å². The predicted molar refractivity (Wildman–Crippen MR) is 78.1 cm³/mol. The molecule has 0 saturated carbocycles. The summed E-state index contributed by atoms with van der Waals surface area (Å²) < 4.78 is 32.4. The lowest BCUT2D eigenvalue weighted by molar-refractivity contribution is 0.370. The lowest BCUT2D eigenvalue weighted by Crippen LogP contribution is -2.35. The van der Waals surface area contributed by atoms with Crippen molar-refractivity contribution in [2.24, 2.45) is 5.73 Å². The van der Waals surface area contributed by atoms with Gasteiger partial charge in [-0.2, -0.15) is 4.31 Å². The van der Waals surface area contributed by atoms with Gasteiger partial charge in [-0.3, -0.25) is 0 Å². The molecule has 1 saturated heterocycles. The van der Waals surface area contributed by atoms with Crippen LogP contribution in [0, 0.1) is 0 Å². The Morgan fingerprint density at radius 1 is 1.45 bits per heavy atom. The monoisotopic (exact) mass is 298 g/mol. The van der Waals surface area contributed by atoms with Crippen LogP contribution in [0.5, 0.6) is 5.75 Å². The summed E-state index contributed by atoms with van der Waals surface area (Å²) in [6.45, 7) is 2.97. The van der Waals surface area contributed by atoms with E-state index < -0.39 is 10.0 Å². The maximum absolute atomic E-state index is 12.8. The third-order valence-corrected chi connectivity index (χ3v) is 5.84. The lowest BCUT2D eigenvalue weighted by atomic mass is 10.2. The molecule has 1 atom stereocenters. The van der Waals surface area contributed by atoms with Crippen molar-refractivity contribution in [3.63, 3.8) is 0 Å². The Bertz CT molecular complexity index is 572. The summed E-state index contributed by atoms with van der Waals surface area (Å²) in [4.78, 5) is 0.234. The summed E-state index contributed by atoms with van der Waals surface area (Å²) in [5.41, 5.74) is 6.44. The smallest absolute Gasteiger partial charge is 0.247 e. The molecule has 0 radical (unpaired) electrons. The Kier molecular flexibility index (Phi) is 4.67. The first kappa shape index (κ1) is 15.3. The van der Waals surface area contributed by atoms with Crippen molar-refractivity contribution in [1.29, 1.82) is 0 Å². The van der Waals surface area contributed by atoms with Gasteiger partial charge in [0.05, 0.1) is 7.11 Å². The fourth-order valence-electron chi connectivity index (χ4n) is 2.71. The molecule has 1 aromatic carbocycles. The molecule has 20 heavy (non-hydrogen) atoms. The highest BCUT2D eigenvalue weighted by Gasteiger charge is 2.35. The molecule has 5 nitrogen and oxygen atoms in total. The molecule has 112 valence electrons. The second-order valence-corrected chi connectivity index (χ2v) is 6.87. The van der Waals surface area contributed by atoms with Crippen molar-refractivity contribution < 1.29 is 13.2 Å². The SMILES string of the molecule is CCC1CCCN1S(=O)(=O)c1ccc(CN)cc1OC. The second-order valence-electron chi connectivity index (χ2n) is 5.01. The Balaban J connectivity index is 2.43. The normalized spacial score (nSPS) is 20.2. The largest absolute Gasteiger partial charge is 0.495 e. The molecule has 1 unspecified atom stereocenters. The minimum Gasteiger partial charge on any atom is -0.495 e. The van der Waals surface area contributed by atoms with E-state index in [9.17, 15) is 8.42 Å². The molecule has 0 bridgehead atoms. The number of nitrogens with two attached hydrogens (primary N) is 1. The molecule has 1 aliphatic rings. The van der Waals surface area contributed by atoms with E-state index in [1.165, 1.54) is 7.11 Å². The van der Waals surface area contributed by atoms with Gasteiger partial charge in [0, 0.05) is 19.1 Å². The van der Waals surface area contributed by atoms with Crippen LogP contribution in [0.15, 0.2) is 23.1 Å². The van der Waals surface area contributed by atoms with Crippen molar-refractivity contribution in [1.82, 2.24) is 4.31 Å². The molecular weight excluding hydrogens is 276 g/mol. The summed E-state index contributed by atoms with van der Waals surface area (Å²) in [6.07, 6.45) is 2.68. The lowest BCUT2D eigenvalue weighted by Gasteiger charge is -2.24. The van der Waals surface area contributed by atoms with Crippen molar-refractivity contribution in [2.75, 3.05) is 13.7 Å². The van der Waals surface area contributed by atoms with Gasteiger partial charge < -0.3 is 10.5 Å². The molecule has 2 N–H and O–H groups in total. The van der Waals surface area contributed by atoms with Gasteiger partial charge in [-0.25, -0.2) is 8.42 Å². The summed E-state index contributed by atoms with van der Waals surface area (Å²) >= 11 is 0. The fourth-order valence-corrected chi connectivity index (χ4v) is 4.62. The van der Waals surface area contributed by atoms with E-state index in [1.54, 1.807) is 22.5 Å². The summed E-state index contributed by atoms with van der Waals surface area (Å²) in [7, 11) is -2.02. The predicted octanol–water partition coefficient (Wildman–Crippen LogP) is 1.72. The number of nitrogens with zero attached hydrogens (tertiary/aromatic N) is 1. The van der Waals surface area contributed by atoms with Gasteiger partial charge in [0.2, 0.25) is 10.0 Å². The average molecular weight is 298 g/mol. The van der Waals surface area contributed by atoms with Crippen LogP contribution in [-0.2, 0) is 16.6 Å². The van der Waals surface area contributed by atoms with Crippen molar-refractivity contribution >= 4 is 10.0 Å². The number of hydrogen-bond donors (Lipinski definition) is 1.